The van der Waals surface area contributed by atoms with Gasteiger partial charge in [-0.25, -0.2) is 9.97 Å². The molecule has 2 aromatic heterocycles. The third-order valence-electron chi connectivity index (χ3n) is 10.3. The zero-order valence-corrected chi connectivity index (χ0v) is 28.5. The molecule has 2 fully saturated rings. The summed E-state index contributed by atoms with van der Waals surface area (Å²) in [7, 11) is 0. The number of fused-ring (bicyclic) bond motifs is 2. The molecule has 9 nitrogen and oxygen atoms in total. The summed E-state index contributed by atoms with van der Waals surface area (Å²) in [6.07, 6.45) is 7.38. The molecule has 3 heterocycles. The number of nitrogens with zero attached hydrogens (tertiary/aromatic N) is 5. The molecule has 250 valence electrons. The summed E-state index contributed by atoms with van der Waals surface area (Å²) < 4.78 is 1.64. The van der Waals surface area contributed by atoms with Crippen LogP contribution in [-0.4, -0.2) is 60.4 Å². The molecule has 9 heteroatoms. The monoisotopic (exact) mass is 654 g/mol. The van der Waals surface area contributed by atoms with Crippen LogP contribution in [0.4, 0.5) is 0 Å². The first kappa shape index (κ1) is 32.4. The van der Waals surface area contributed by atoms with Gasteiger partial charge in [0.1, 0.15) is 24.1 Å². The van der Waals surface area contributed by atoms with Crippen LogP contribution in [0.2, 0.25) is 0 Å². The molecule has 0 radical (unpaired) electrons. The number of rotatable bonds is 11. The molecule has 0 spiro atoms. The van der Waals surface area contributed by atoms with Crippen molar-refractivity contribution in [1.82, 2.24) is 30.0 Å². The van der Waals surface area contributed by atoms with Gasteiger partial charge in [0.05, 0.1) is 5.52 Å². The minimum atomic E-state index is -0.561. The van der Waals surface area contributed by atoms with Crippen LogP contribution in [0.5, 0.6) is 0 Å². The number of likely N-dealkylation sites (tertiary alicyclic amines) is 1. The van der Waals surface area contributed by atoms with Gasteiger partial charge in [0.15, 0.2) is 5.78 Å². The number of hydrogen-bond donors (Lipinski definition) is 1. The second kappa shape index (κ2) is 13.0. The number of carbonyl (C=O) groups excluding carboxylic acids is 3. The van der Waals surface area contributed by atoms with E-state index in [9.17, 15) is 14.4 Å². The van der Waals surface area contributed by atoms with E-state index in [-0.39, 0.29) is 41.6 Å². The molecule has 3 aromatic carbocycles. The number of aromatic nitrogens is 4. The third-order valence-corrected chi connectivity index (χ3v) is 10.3. The van der Waals surface area contributed by atoms with Crippen molar-refractivity contribution < 1.29 is 14.4 Å². The van der Waals surface area contributed by atoms with Crippen LogP contribution in [0.1, 0.15) is 66.1 Å². The number of hydrogen-bond acceptors (Lipinski definition) is 6. The van der Waals surface area contributed by atoms with Crippen LogP contribution in [0.15, 0.2) is 85.2 Å². The molecule has 1 saturated heterocycles. The molecular weight excluding hydrogens is 612 g/mol. The molecule has 5 aromatic rings. The van der Waals surface area contributed by atoms with Gasteiger partial charge < -0.3 is 10.2 Å². The number of carbonyl (C=O) groups is 3. The molecule has 7 rings (SSSR count). The summed E-state index contributed by atoms with van der Waals surface area (Å²) in [6.45, 7) is 7.39. The van der Waals surface area contributed by atoms with E-state index in [0.29, 0.717) is 29.7 Å². The van der Waals surface area contributed by atoms with Crippen molar-refractivity contribution in [3.8, 4) is 11.1 Å². The Balaban J connectivity index is 1.13. The van der Waals surface area contributed by atoms with E-state index in [1.807, 2.05) is 62.4 Å². The molecule has 1 aliphatic heterocycles. The van der Waals surface area contributed by atoms with Gasteiger partial charge in [-0.2, -0.15) is 5.10 Å². The highest BCUT2D eigenvalue weighted by atomic mass is 16.2. The highest BCUT2D eigenvalue weighted by Gasteiger charge is 2.64. The van der Waals surface area contributed by atoms with Crippen molar-refractivity contribution in [1.29, 1.82) is 0 Å². The molecule has 1 aliphatic carbocycles. The van der Waals surface area contributed by atoms with Gasteiger partial charge in [0.2, 0.25) is 11.8 Å². The number of nitrogens with one attached hydrogen (secondary N) is 1. The second-order valence-electron chi connectivity index (χ2n) is 14.1. The lowest BCUT2D eigenvalue weighted by Gasteiger charge is -2.29. The van der Waals surface area contributed by atoms with Crippen LogP contribution in [0.25, 0.3) is 22.0 Å². The Kier molecular flexibility index (Phi) is 8.61. The van der Waals surface area contributed by atoms with E-state index in [4.69, 9.17) is 0 Å². The highest BCUT2D eigenvalue weighted by Crippen LogP contribution is 2.59. The van der Waals surface area contributed by atoms with Crippen LogP contribution < -0.4 is 5.32 Å². The van der Waals surface area contributed by atoms with Crippen LogP contribution in [0, 0.1) is 19.3 Å². The van der Waals surface area contributed by atoms with E-state index in [0.717, 1.165) is 47.0 Å². The average Bonchev–Trinajstić information content (AvgIpc) is 3.44. The zero-order chi connectivity index (χ0) is 34.3. The molecule has 2 aliphatic rings. The molecule has 1 N–H and O–H groups in total. The molecular formula is C40H42N6O3. The Labute approximate surface area is 286 Å². The van der Waals surface area contributed by atoms with Crippen molar-refractivity contribution in [3.05, 3.63) is 113 Å². The number of aryl methyl sites for hydroxylation is 3. The maximum Gasteiger partial charge on any atom is 0.245 e. The van der Waals surface area contributed by atoms with Crippen molar-refractivity contribution in [2.75, 3.05) is 0 Å². The van der Waals surface area contributed by atoms with Gasteiger partial charge in [-0.15, -0.1) is 0 Å². The Bertz CT molecular complexity index is 2020. The summed E-state index contributed by atoms with van der Waals surface area (Å²) in [4.78, 5) is 51.6. The van der Waals surface area contributed by atoms with Crippen molar-refractivity contribution >= 4 is 28.5 Å². The fourth-order valence-corrected chi connectivity index (χ4v) is 7.59. The first-order valence-corrected chi connectivity index (χ1v) is 17.1. The lowest BCUT2D eigenvalue weighted by Crippen LogP contribution is -2.51. The van der Waals surface area contributed by atoms with E-state index < -0.39 is 6.04 Å². The molecule has 1 saturated carbocycles. The van der Waals surface area contributed by atoms with E-state index in [1.165, 1.54) is 12.5 Å². The molecule has 49 heavy (non-hydrogen) atoms. The lowest BCUT2D eigenvalue weighted by atomic mass is 9.97. The summed E-state index contributed by atoms with van der Waals surface area (Å²) in [5, 5.41) is 8.71. The smallest absolute Gasteiger partial charge is 0.245 e. The van der Waals surface area contributed by atoms with Crippen molar-refractivity contribution in [2.24, 2.45) is 5.41 Å². The predicted octanol–water partition coefficient (Wildman–Crippen LogP) is 6.05. The number of benzene rings is 3. The standard InChI is InChI=1S/C40H42N6O3/c1-25-17-30(31-22-41-27(3)42-23-31)19-33-37(26(2)47)44-45(38(25)33)24-36(48)46-34(20-40(4)21-35(40)46)39(49)43-32(18-29-13-9-6-10-14-29)16-15-28-11-7-5-8-12-28/h5-14,17,19,22-23,32,34-35H,15-16,18,20-21,24H2,1-4H3,(H,43,49)/t32?,34-,35?,40-/m0/s1. The largest absolute Gasteiger partial charge is 0.351 e. The average molecular weight is 655 g/mol. The second-order valence-corrected chi connectivity index (χ2v) is 14.1. The summed E-state index contributed by atoms with van der Waals surface area (Å²) in [6, 6.07) is 23.8. The van der Waals surface area contributed by atoms with Crippen LogP contribution >= 0.6 is 0 Å². The molecule has 0 bridgehead atoms. The van der Waals surface area contributed by atoms with Gasteiger partial charge in [0.25, 0.3) is 0 Å². The van der Waals surface area contributed by atoms with Gasteiger partial charge >= 0.3 is 0 Å². The Morgan fingerprint density at radius 3 is 2.27 bits per heavy atom. The SMILES string of the molecule is CC(=O)c1nn(CC(=O)N2C3C[C@]3(C)C[C@H]2C(=O)NC(CCc2ccccc2)Cc2ccccc2)c2c(C)cc(-c3cnc(C)nc3)cc12. The summed E-state index contributed by atoms with van der Waals surface area (Å²) in [5.74, 6) is 0.231. The first-order chi connectivity index (χ1) is 23.6. The molecule has 2 amide bonds. The van der Waals surface area contributed by atoms with Crippen LogP contribution in [-0.2, 0) is 29.0 Å². The fourth-order valence-electron chi connectivity index (χ4n) is 7.59. The minimum absolute atomic E-state index is 0.0102. The maximum absolute atomic E-state index is 14.2. The molecule has 2 unspecified atom stereocenters. The van der Waals surface area contributed by atoms with E-state index in [1.54, 1.807) is 22.0 Å². The minimum Gasteiger partial charge on any atom is -0.351 e. The number of Topliss-reactive ketones (excluding diaryl/α,β-unsaturated/α-hetero) is 1. The number of piperidine rings is 1. The third kappa shape index (κ3) is 6.62. The Morgan fingerprint density at radius 1 is 0.918 bits per heavy atom. The van der Waals surface area contributed by atoms with Gasteiger partial charge in [-0.1, -0.05) is 67.6 Å². The molecule has 4 atom stereocenters. The summed E-state index contributed by atoms with van der Waals surface area (Å²) in [5.41, 5.74) is 5.96. The van der Waals surface area contributed by atoms with Gasteiger partial charge in [-0.05, 0) is 85.8 Å². The number of amides is 2. The van der Waals surface area contributed by atoms with Gasteiger partial charge in [-0.3, -0.25) is 19.1 Å². The van der Waals surface area contributed by atoms with E-state index >= 15 is 0 Å². The van der Waals surface area contributed by atoms with Gasteiger partial charge in [0, 0.05) is 42.4 Å². The topological polar surface area (TPSA) is 110 Å². The summed E-state index contributed by atoms with van der Waals surface area (Å²) >= 11 is 0. The Hall–Kier alpha value is -5.18. The Morgan fingerprint density at radius 2 is 1.59 bits per heavy atom. The predicted molar refractivity (Wildman–Crippen MR) is 189 cm³/mol. The fraction of sp³-hybridized carbons (Fsp3) is 0.350. The van der Waals surface area contributed by atoms with Crippen molar-refractivity contribution in [2.45, 2.75) is 84.5 Å². The first-order valence-electron chi connectivity index (χ1n) is 17.1. The normalized spacial score (nSPS) is 20.2. The number of ketones is 1. The lowest BCUT2D eigenvalue weighted by molar-refractivity contribution is -0.140. The quantitative estimate of drug-likeness (QED) is 0.174. The maximum atomic E-state index is 14.2. The highest BCUT2D eigenvalue weighted by molar-refractivity contribution is 6.07. The van der Waals surface area contributed by atoms with Crippen LogP contribution in [0.3, 0.4) is 0 Å². The van der Waals surface area contributed by atoms with E-state index in [2.05, 4.69) is 51.6 Å². The zero-order valence-electron chi connectivity index (χ0n) is 28.5. The van der Waals surface area contributed by atoms with Crippen molar-refractivity contribution in [3.63, 3.8) is 0 Å².